The standard InChI is InChI=1S/C27H25FN2O5S2/c1-19-11-13-24(14-12-19)37(33,34)35-26(15-20-7-5-6-8-20)25-17-21-16-22(28)18-29-27(21)30(25)36(31,32)23-9-3-2-4-10-23/h2-4,9-18,20H,5-8H2,1H3/b26-15-. The van der Waals surface area contributed by atoms with Gasteiger partial charge in [0.25, 0.3) is 10.0 Å². The molecule has 4 aromatic rings. The lowest BCUT2D eigenvalue weighted by atomic mass is 10.1. The van der Waals surface area contributed by atoms with E-state index in [1.165, 1.54) is 30.3 Å². The van der Waals surface area contributed by atoms with Crippen molar-refractivity contribution in [3.8, 4) is 0 Å². The molecule has 0 N–H and O–H groups in total. The first kappa shape index (κ1) is 25.2. The summed E-state index contributed by atoms with van der Waals surface area (Å²) in [5.74, 6) is -0.785. The molecule has 0 amide bonds. The number of nitrogens with zero attached hydrogens (tertiary/aromatic N) is 2. The number of aromatic nitrogens is 2. The Morgan fingerprint density at radius 1 is 0.973 bits per heavy atom. The molecule has 37 heavy (non-hydrogen) atoms. The van der Waals surface area contributed by atoms with Crippen molar-refractivity contribution in [2.45, 2.75) is 42.4 Å². The molecule has 1 saturated carbocycles. The van der Waals surface area contributed by atoms with Crippen molar-refractivity contribution in [1.82, 2.24) is 8.96 Å². The number of benzene rings is 2. The van der Waals surface area contributed by atoms with Crippen LogP contribution in [0.2, 0.25) is 0 Å². The summed E-state index contributed by atoms with van der Waals surface area (Å²) in [7, 11) is -8.56. The van der Waals surface area contributed by atoms with E-state index in [-0.39, 0.29) is 38.2 Å². The molecule has 0 radical (unpaired) electrons. The first-order valence-corrected chi connectivity index (χ1v) is 14.7. The molecule has 1 aliphatic rings. The van der Waals surface area contributed by atoms with E-state index in [0.29, 0.717) is 0 Å². The molecule has 192 valence electrons. The topological polar surface area (TPSA) is 95.3 Å². The summed E-state index contributed by atoms with van der Waals surface area (Å²) in [6, 6.07) is 16.4. The number of aryl methyl sites for hydroxylation is 1. The van der Waals surface area contributed by atoms with E-state index in [4.69, 9.17) is 4.18 Å². The molecular formula is C27H25FN2O5S2. The lowest BCUT2D eigenvalue weighted by Gasteiger charge is -2.16. The Kier molecular flexibility index (Phi) is 6.63. The van der Waals surface area contributed by atoms with Gasteiger partial charge in [-0.1, -0.05) is 48.7 Å². The van der Waals surface area contributed by atoms with Crippen LogP contribution in [-0.2, 0) is 24.3 Å². The second-order valence-corrected chi connectivity index (χ2v) is 12.4. The van der Waals surface area contributed by atoms with Gasteiger partial charge in [0.05, 0.1) is 11.1 Å². The number of fused-ring (bicyclic) bond motifs is 1. The summed E-state index contributed by atoms with van der Waals surface area (Å²) in [6.07, 6.45) is 6.16. The minimum absolute atomic E-state index is 0.00111. The average Bonchev–Trinajstić information content (AvgIpc) is 3.52. The van der Waals surface area contributed by atoms with Crippen molar-refractivity contribution in [1.29, 1.82) is 0 Å². The SMILES string of the molecule is Cc1ccc(S(=O)(=O)O/C(=C\C2CCCC2)c2cc3cc(F)cnc3n2S(=O)(=O)c2ccccc2)cc1. The van der Waals surface area contributed by atoms with Crippen LogP contribution in [0.15, 0.2) is 88.8 Å². The van der Waals surface area contributed by atoms with Gasteiger partial charge in [0, 0.05) is 5.39 Å². The fourth-order valence-electron chi connectivity index (χ4n) is 4.52. The minimum Gasteiger partial charge on any atom is -0.377 e. The lowest BCUT2D eigenvalue weighted by Crippen LogP contribution is -2.18. The minimum atomic E-state index is -4.31. The average molecular weight is 541 g/mol. The normalized spacial score (nSPS) is 15.4. The summed E-state index contributed by atoms with van der Waals surface area (Å²) in [6.45, 7) is 1.84. The summed E-state index contributed by atoms with van der Waals surface area (Å²) in [5, 5.41) is 0.197. The molecule has 0 saturated heterocycles. The van der Waals surface area contributed by atoms with Crippen LogP contribution in [-0.4, -0.2) is 25.8 Å². The van der Waals surface area contributed by atoms with Crippen LogP contribution in [0.3, 0.4) is 0 Å². The molecule has 2 aromatic heterocycles. The number of allylic oxidation sites excluding steroid dienone is 1. The summed E-state index contributed by atoms with van der Waals surface area (Å²) >= 11 is 0. The lowest BCUT2D eigenvalue weighted by molar-refractivity contribution is 0.457. The molecule has 1 aliphatic carbocycles. The molecule has 1 fully saturated rings. The molecule has 0 unspecified atom stereocenters. The van der Waals surface area contributed by atoms with Crippen molar-refractivity contribution >= 4 is 36.9 Å². The Balaban J connectivity index is 1.73. The van der Waals surface area contributed by atoms with E-state index in [2.05, 4.69) is 4.98 Å². The Morgan fingerprint density at radius 3 is 2.32 bits per heavy atom. The quantitative estimate of drug-likeness (QED) is 0.222. The summed E-state index contributed by atoms with van der Waals surface area (Å²) < 4.78 is 75.0. The fourth-order valence-corrected chi connectivity index (χ4v) is 6.96. The Bertz CT molecular complexity index is 1690. The van der Waals surface area contributed by atoms with Gasteiger partial charge in [-0.15, -0.1) is 0 Å². The Labute approximate surface area is 215 Å². The van der Waals surface area contributed by atoms with E-state index in [1.54, 1.807) is 36.4 Å². The first-order valence-electron chi connectivity index (χ1n) is 11.9. The number of hydrogen-bond acceptors (Lipinski definition) is 6. The van der Waals surface area contributed by atoms with Gasteiger partial charge in [-0.2, -0.15) is 8.42 Å². The third-order valence-electron chi connectivity index (χ3n) is 6.40. The highest BCUT2D eigenvalue weighted by Crippen LogP contribution is 2.35. The third kappa shape index (κ3) is 5.03. The predicted octanol–water partition coefficient (Wildman–Crippen LogP) is 5.66. The second-order valence-electron chi connectivity index (χ2n) is 9.10. The highest BCUT2D eigenvalue weighted by atomic mass is 32.2. The molecule has 5 rings (SSSR count). The molecular weight excluding hydrogens is 515 g/mol. The van der Waals surface area contributed by atoms with Gasteiger partial charge >= 0.3 is 10.1 Å². The van der Waals surface area contributed by atoms with E-state index in [1.807, 2.05) is 6.92 Å². The highest BCUT2D eigenvalue weighted by molar-refractivity contribution is 7.90. The summed E-state index contributed by atoms with van der Waals surface area (Å²) in [4.78, 5) is 3.96. The Morgan fingerprint density at radius 2 is 1.65 bits per heavy atom. The number of halogens is 1. The van der Waals surface area contributed by atoms with E-state index < -0.39 is 26.0 Å². The molecule has 2 heterocycles. The first-order chi connectivity index (χ1) is 17.6. The second kappa shape index (κ2) is 9.75. The van der Waals surface area contributed by atoms with Gasteiger partial charge in [-0.05, 0) is 68.2 Å². The molecule has 0 spiro atoms. The van der Waals surface area contributed by atoms with Gasteiger partial charge in [0.15, 0.2) is 11.4 Å². The molecule has 0 aliphatic heterocycles. The van der Waals surface area contributed by atoms with Gasteiger partial charge in [0.2, 0.25) is 0 Å². The Hall–Kier alpha value is -3.50. The van der Waals surface area contributed by atoms with Crippen LogP contribution < -0.4 is 0 Å². The number of hydrogen-bond donors (Lipinski definition) is 0. The van der Waals surface area contributed by atoms with Crippen LogP contribution in [0.5, 0.6) is 0 Å². The smallest absolute Gasteiger partial charge is 0.339 e. The van der Waals surface area contributed by atoms with E-state index >= 15 is 0 Å². The maximum Gasteiger partial charge on any atom is 0.339 e. The van der Waals surface area contributed by atoms with Crippen molar-refractivity contribution < 1.29 is 25.4 Å². The van der Waals surface area contributed by atoms with Crippen molar-refractivity contribution in [3.63, 3.8) is 0 Å². The predicted molar refractivity (Wildman–Crippen MR) is 138 cm³/mol. The zero-order valence-corrected chi connectivity index (χ0v) is 21.7. The van der Waals surface area contributed by atoms with Crippen LogP contribution in [0.1, 0.15) is 36.9 Å². The fraction of sp³-hybridized carbons (Fsp3) is 0.222. The maximum absolute atomic E-state index is 14.1. The van der Waals surface area contributed by atoms with Gasteiger partial charge < -0.3 is 4.18 Å². The zero-order chi connectivity index (χ0) is 26.2. The van der Waals surface area contributed by atoms with Crippen LogP contribution in [0, 0.1) is 18.7 Å². The van der Waals surface area contributed by atoms with Gasteiger partial charge in [-0.3, -0.25) is 0 Å². The molecule has 10 heteroatoms. The van der Waals surface area contributed by atoms with Crippen LogP contribution in [0.25, 0.3) is 16.8 Å². The van der Waals surface area contributed by atoms with Crippen LogP contribution in [0.4, 0.5) is 4.39 Å². The largest absolute Gasteiger partial charge is 0.377 e. The monoisotopic (exact) mass is 540 g/mol. The zero-order valence-electron chi connectivity index (χ0n) is 20.0. The van der Waals surface area contributed by atoms with Crippen molar-refractivity contribution in [3.05, 3.63) is 96.1 Å². The number of rotatable bonds is 7. The highest BCUT2D eigenvalue weighted by Gasteiger charge is 2.30. The molecule has 0 bridgehead atoms. The third-order valence-corrected chi connectivity index (χ3v) is 9.36. The van der Waals surface area contributed by atoms with E-state index in [0.717, 1.165) is 47.5 Å². The molecule has 7 nitrogen and oxygen atoms in total. The van der Waals surface area contributed by atoms with Crippen molar-refractivity contribution in [2.75, 3.05) is 0 Å². The number of pyridine rings is 1. The maximum atomic E-state index is 14.1. The van der Waals surface area contributed by atoms with Crippen molar-refractivity contribution in [2.24, 2.45) is 5.92 Å². The summed E-state index contributed by atoms with van der Waals surface area (Å²) in [5.41, 5.74) is 0.802. The molecule has 2 aromatic carbocycles. The van der Waals surface area contributed by atoms with Gasteiger partial charge in [-0.25, -0.2) is 21.8 Å². The van der Waals surface area contributed by atoms with E-state index in [9.17, 15) is 21.2 Å². The molecule has 0 atom stereocenters. The van der Waals surface area contributed by atoms with Crippen LogP contribution >= 0.6 is 0 Å². The van der Waals surface area contributed by atoms with Gasteiger partial charge in [0.1, 0.15) is 16.4 Å².